The van der Waals surface area contributed by atoms with E-state index in [9.17, 15) is 0 Å². The molecule has 0 bridgehead atoms. The summed E-state index contributed by atoms with van der Waals surface area (Å²) in [5.41, 5.74) is 9.48. The van der Waals surface area contributed by atoms with E-state index >= 15 is 0 Å². The molecule has 0 spiro atoms. The zero-order valence-electron chi connectivity index (χ0n) is 48.3. The second-order valence-corrected chi connectivity index (χ2v) is 18.6. The van der Waals surface area contributed by atoms with Gasteiger partial charge in [-0.25, -0.2) is 4.98 Å². The van der Waals surface area contributed by atoms with Crippen LogP contribution in [0.25, 0.3) is 44.5 Å². The second-order valence-electron chi connectivity index (χ2n) is 18.6. The maximum Gasteiger partial charge on any atom is 0.135 e. The van der Waals surface area contributed by atoms with Crippen molar-refractivity contribution in [3.63, 3.8) is 0 Å². The van der Waals surface area contributed by atoms with Gasteiger partial charge in [0.15, 0.2) is 0 Å². The Morgan fingerprint density at radius 1 is 0.515 bits per heavy atom. The number of aromatic nitrogens is 1. The van der Waals surface area contributed by atoms with Crippen LogP contribution in [0.1, 0.15) is 66.4 Å². The van der Waals surface area contributed by atoms with Crippen molar-refractivity contribution in [1.82, 2.24) is 4.98 Å². The van der Waals surface area contributed by atoms with Gasteiger partial charge in [0, 0.05) is 72.5 Å². The summed E-state index contributed by atoms with van der Waals surface area (Å²) in [6.07, 6.45) is 1.85. The number of para-hydroxylation sites is 2. The predicted octanol–water partition coefficient (Wildman–Crippen LogP) is 16.9. The standard InChI is InChI=1S/C62H51N4O.Pt/c1-61(2,3)44-31-34-56-58(37-44)65(60-49(42-19-9-7-10-20-42)28-18-29-50(60)43-21-11-8-12-22-43)41-64(56)46-23-17-24-47(39-46)67-48-32-33-54-52-26-14-13-25-51(52)53-27-15-16-30-55(53)66(57(54)40-48)59-38-45(35-36-63-59)62(4,5)6;/h7-38,41H,1-6H3;/q-3;/i7D,8D,9D,10D,11D,12D,19D,20D,21D,22D;. The first kappa shape index (κ1) is 34.1. The zero-order chi connectivity index (χ0) is 54.6. The SMILES string of the molecule is [2H]c1c([2H])c([2H])c(-c2cccc(-c3c([2H])c([2H])c([2H])c([2H])c3[2H])c2N2[CH-]N(c3[c-]c(Oc4[c-]c5c(cc4)-c4ccccc4-c4ccccc4N5c4cc(C(C)(C)C)ccn4)ccc3)c3ccc(C(C)(C)C)cc32)c([2H])c1[2H].[Pt]. The predicted molar refractivity (Wildman–Crippen MR) is 277 cm³/mol. The molecule has 0 saturated heterocycles. The average molecular weight is 1070 g/mol. The normalized spacial score (nSPS) is 14.9. The molecule has 0 saturated carbocycles. The molecule has 11 rings (SSSR count). The fourth-order valence-corrected chi connectivity index (χ4v) is 8.86. The van der Waals surface area contributed by atoms with Crippen molar-refractivity contribution in [2.24, 2.45) is 0 Å². The molecular weight excluding hydrogens is 1010 g/mol. The Hall–Kier alpha value is -7.20. The van der Waals surface area contributed by atoms with Gasteiger partial charge in [0.1, 0.15) is 5.82 Å². The molecular formula is C62H51N4OPt-3. The third-order valence-corrected chi connectivity index (χ3v) is 12.3. The van der Waals surface area contributed by atoms with E-state index in [1.54, 1.807) is 35.8 Å². The molecule has 0 amide bonds. The van der Waals surface area contributed by atoms with Crippen LogP contribution in [0, 0.1) is 18.8 Å². The number of fused-ring (bicyclic) bond motifs is 6. The van der Waals surface area contributed by atoms with Gasteiger partial charge in [-0.3, -0.25) is 0 Å². The van der Waals surface area contributed by atoms with Gasteiger partial charge >= 0.3 is 0 Å². The Kier molecular flexibility index (Phi) is 8.93. The molecule has 0 fully saturated rings. The first-order chi connectivity index (χ1) is 36.6. The fraction of sp³-hybridized carbons (Fsp3) is 0.129. The molecule has 6 heteroatoms. The molecule has 5 nitrogen and oxygen atoms in total. The number of ether oxygens (including phenoxy) is 1. The van der Waals surface area contributed by atoms with E-state index < -0.39 is 60.4 Å². The van der Waals surface area contributed by atoms with Gasteiger partial charge in [0.25, 0.3) is 0 Å². The molecule has 2 aliphatic rings. The Bertz CT molecular complexity index is 3770. The first-order valence-electron chi connectivity index (χ1n) is 27.2. The van der Waals surface area contributed by atoms with Crippen LogP contribution >= 0.6 is 0 Å². The monoisotopic (exact) mass is 1070 g/mol. The molecule has 2 aliphatic heterocycles. The van der Waals surface area contributed by atoms with Crippen molar-refractivity contribution in [1.29, 1.82) is 0 Å². The van der Waals surface area contributed by atoms with Crippen LogP contribution < -0.4 is 19.4 Å². The van der Waals surface area contributed by atoms with E-state index in [-0.39, 0.29) is 59.8 Å². The smallest absolute Gasteiger partial charge is 0.135 e. The Morgan fingerprint density at radius 3 is 1.78 bits per heavy atom. The van der Waals surface area contributed by atoms with Crippen LogP contribution in [0.4, 0.5) is 39.9 Å². The molecule has 0 radical (unpaired) electrons. The molecule has 0 unspecified atom stereocenters. The average Bonchev–Trinajstić information content (AvgIpc) is 3.98. The molecule has 0 aliphatic carbocycles. The van der Waals surface area contributed by atoms with Crippen LogP contribution in [-0.2, 0) is 31.9 Å². The van der Waals surface area contributed by atoms with Gasteiger partial charge in [0.2, 0.25) is 0 Å². The number of pyridine rings is 1. The van der Waals surface area contributed by atoms with Gasteiger partial charge in [-0.15, -0.1) is 48.3 Å². The second kappa shape index (κ2) is 17.8. The van der Waals surface area contributed by atoms with Crippen LogP contribution in [-0.4, -0.2) is 4.98 Å². The molecule has 1 aromatic heterocycles. The topological polar surface area (TPSA) is 31.8 Å². The summed E-state index contributed by atoms with van der Waals surface area (Å²) < 4.78 is 95.0. The van der Waals surface area contributed by atoms with Crippen molar-refractivity contribution >= 4 is 39.9 Å². The van der Waals surface area contributed by atoms with Crippen LogP contribution in [0.5, 0.6) is 11.5 Å². The van der Waals surface area contributed by atoms with Crippen molar-refractivity contribution in [2.75, 3.05) is 14.7 Å². The zero-order valence-corrected chi connectivity index (χ0v) is 40.6. The van der Waals surface area contributed by atoms with Crippen molar-refractivity contribution in [2.45, 2.75) is 52.4 Å². The van der Waals surface area contributed by atoms with E-state index in [2.05, 4.69) is 88.9 Å². The number of hydrogen-bond acceptors (Lipinski definition) is 5. The summed E-state index contributed by atoms with van der Waals surface area (Å²) in [6.45, 7) is 14.6. The minimum atomic E-state index is -0.567. The van der Waals surface area contributed by atoms with Crippen molar-refractivity contribution in [3.05, 3.63) is 224 Å². The summed E-state index contributed by atoms with van der Waals surface area (Å²) in [5.74, 6) is 1.52. The number of rotatable bonds is 7. The van der Waals surface area contributed by atoms with Crippen molar-refractivity contribution < 1.29 is 39.5 Å². The summed E-state index contributed by atoms with van der Waals surface area (Å²) in [6, 6.07) is 43.1. The van der Waals surface area contributed by atoms with Gasteiger partial charge in [0.05, 0.1) is 19.4 Å². The van der Waals surface area contributed by atoms with Crippen LogP contribution in [0.2, 0.25) is 0 Å². The van der Waals surface area contributed by atoms with E-state index in [1.165, 1.54) is 0 Å². The third kappa shape index (κ3) is 8.20. The number of hydrogen-bond donors (Lipinski definition) is 0. The Morgan fingerprint density at radius 2 is 1.10 bits per heavy atom. The maximum absolute atomic E-state index is 9.16. The molecule has 0 N–H and O–H groups in total. The van der Waals surface area contributed by atoms with Gasteiger partial charge in [-0.05, 0) is 69.0 Å². The molecule has 8 aromatic carbocycles. The summed E-state index contributed by atoms with van der Waals surface area (Å²) >= 11 is 0. The van der Waals surface area contributed by atoms with E-state index in [1.807, 2.05) is 83.9 Å². The maximum atomic E-state index is 9.16. The fourth-order valence-electron chi connectivity index (χ4n) is 8.86. The van der Waals surface area contributed by atoms with Gasteiger partial charge < -0.3 is 19.4 Å². The third-order valence-electron chi connectivity index (χ3n) is 12.3. The number of benzene rings is 8. The quantitative estimate of drug-likeness (QED) is 0.149. The van der Waals surface area contributed by atoms with E-state index in [4.69, 9.17) is 23.4 Å². The summed E-state index contributed by atoms with van der Waals surface area (Å²) in [5, 5.41) is 0. The van der Waals surface area contributed by atoms with E-state index in [0.717, 1.165) is 50.6 Å². The van der Waals surface area contributed by atoms with Gasteiger partial charge in [-0.2, -0.15) is 12.1 Å². The van der Waals surface area contributed by atoms with Gasteiger partial charge in [-0.1, -0.05) is 180 Å². The van der Waals surface area contributed by atoms with E-state index in [0.29, 0.717) is 28.6 Å². The Labute approximate surface area is 429 Å². The number of anilines is 7. The minimum Gasteiger partial charge on any atom is -0.509 e. The summed E-state index contributed by atoms with van der Waals surface area (Å²) in [4.78, 5) is 10.8. The van der Waals surface area contributed by atoms with Crippen LogP contribution in [0.3, 0.4) is 0 Å². The first-order valence-corrected chi connectivity index (χ1v) is 22.2. The number of nitrogens with zero attached hydrogens (tertiary/aromatic N) is 4. The summed E-state index contributed by atoms with van der Waals surface area (Å²) in [7, 11) is 0. The largest absolute Gasteiger partial charge is 0.509 e. The molecule has 9 aromatic rings. The Balaban J connectivity index is 0.00000688. The molecule has 0 atom stereocenters. The molecule has 3 heterocycles. The minimum absolute atomic E-state index is 0. The molecule has 338 valence electrons. The van der Waals surface area contributed by atoms with Crippen LogP contribution in [0.15, 0.2) is 194 Å². The molecule has 68 heavy (non-hydrogen) atoms. The van der Waals surface area contributed by atoms with Crippen molar-refractivity contribution in [3.8, 4) is 56.0 Å².